The Labute approximate surface area is 174 Å². The SMILES string of the molecule is CCCCCCC(=O)Nc1cccc(C(=O)N/N=C\c2cc([N+](=O)[O-])ccc2[O-])c1. The maximum atomic E-state index is 12.3. The molecule has 9 heteroatoms. The van der Waals surface area contributed by atoms with E-state index in [0.29, 0.717) is 12.1 Å². The molecule has 0 aromatic heterocycles. The van der Waals surface area contributed by atoms with E-state index in [1.807, 2.05) is 0 Å². The summed E-state index contributed by atoms with van der Waals surface area (Å²) < 4.78 is 0. The molecule has 9 nitrogen and oxygen atoms in total. The van der Waals surface area contributed by atoms with E-state index in [-0.39, 0.29) is 22.7 Å². The van der Waals surface area contributed by atoms with E-state index >= 15 is 0 Å². The van der Waals surface area contributed by atoms with Crippen molar-refractivity contribution in [1.29, 1.82) is 0 Å². The molecule has 0 fully saturated rings. The van der Waals surface area contributed by atoms with Crippen LogP contribution in [0, 0.1) is 10.1 Å². The number of nitro benzene ring substituents is 1. The first-order valence-corrected chi connectivity index (χ1v) is 9.59. The minimum Gasteiger partial charge on any atom is -0.872 e. The molecule has 0 heterocycles. The fraction of sp³-hybridized carbons (Fsp3) is 0.286. The van der Waals surface area contributed by atoms with Crippen LogP contribution in [0.4, 0.5) is 11.4 Å². The monoisotopic (exact) mass is 411 g/mol. The lowest BCUT2D eigenvalue weighted by molar-refractivity contribution is -0.385. The highest BCUT2D eigenvalue weighted by Gasteiger charge is 2.08. The van der Waals surface area contributed by atoms with Crippen molar-refractivity contribution in [2.24, 2.45) is 5.10 Å². The van der Waals surface area contributed by atoms with Crippen LogP contribution in [0.15, 0.2) is 47.6 Å². The maximum absolute atomic E-state index is 12.3. The van der Waals surface area contributed by atoms with Gasteiger partial charge in [-0.15, -0.1) is 0 Å². The number of nitrogens with one attached hydrogen (secondary N) is 2. The van der Waals surface area contributed by atoms with E-state index in [1.165, 1.54) is 6.07 Å². The van der Waals surface area contributed by atoms with E-state index < -0.39 is 16.6 Å². The van der Waals surface area contributed by atoms with Crippen molar-refractivity contribution >= 4 is 29.4 Å². The Morgan fingerprint density at radius 2 is 1.93 bits per heavy atom. The molecule has 0 bridgehead atoms. The first kappa shape index (κ1) is 22.5. The van der Waals surface area contributed by atoms with Crippen LogP contribution in [0.25, 0.3) is 0 Å². The van der Waals surface area contributed by atoms with Gasteiger partial charge in [0.05, 0.1) is 11.1 Å². The summed E-state index contributed by atoms with van der Waals surface area (Å²) in [6.07, 6.45) is 5.47. The fourth-order valence-corrected chi connectivity index (χ4v) is 2.65. The molecule has 2 amide bonds. The zero-order valence-electron chi connectivity index (χ0n) is 16.6. The van der Waals surface area contributed by atoms with Crippen LogP contribution in [0.1, 0.15) is 54.9 Å². The number of amides is 2. The average Bonchev–Trinajstić information content (AvgIpc) is 2.72. The van der Waals surface area contributed by atoms with Crippen LogP contribution in [-0.2, 0) is 4.79 Å². The second-order valence-electron chi connectivity index (χ2n) is 6.62. The molecule has 0 radical (unpaired) electrons. The van der Waals surface area contributed by atoms with Gasteiger partial charge in [-0.1, -0.05) is 44.1 Å². The van der Waals surface area contributed by atoms with Crippen molar-refractivity contribution in [2.45, 2.75) is 39.0 Å². The molecule has 0 aliphatic carbocycles. The van der Waals surface area contributed by atoms with Crippen LogP contribution in [0.5, 0.6) is 5.75 Å². The summed E-state index contributed by atoms with van der Waals surface area (Å²) in [5.41, 5.74) is 2.75. The van der Waals surface area contributed by atoms with Gasteiger partial charge in [0.1, 0.15) is 0 Å². The van der Waals surface area contributed by atoms with Crippen molar-refractivity contribution in [1.82, 2.24) is 5.43 Å². The highest BCUT2D eigenvalue weighted by molar-refractivity contribution is 5.97. The van der Waals surface area contributed by atoms with Gasteiger partial charge in [-0.25, -0.2) is 5.43 Å². The number of carbonyl (C=O) groups is 2. The molecule has 2 rings (SSSR count). The third-order valence-corrected chi connectivity index (χ3v) is 4.24. The van der Waals surface area contributed by atoms with Gasteiger partial charge in [0.2, 0.25) is 5.91 Å². The number of rotatable bonds is 10. The van der Waals surface area contributed by atoms with Crippen LogP contribution in [0.2, 0.25) is 0 Å². The quantitative estimate of drug-likeness (QED) is 0.267. The van der Waals surface area contributed by atoms with Crippen LogP contribution in [0.3, 0.4) is 0 Å². The van der Waals surface area contributed by atoms with E-state index in [9.17, 15) is 24.8 Å². The summed E-state index contributed by atoms with van der Waals surface area (Å²) in [6.45, 7) is 2.10. The van der Waals surface area contributed by atoms with Crippen molar-refractivity contribution in [3.8, 4) is 5.75 Å². The molecule has 0 aliphatic heterocycles. The predicted octanol–water partition coefficient (Wildman–Crippen LogP) is 3.34. The van der Waals surface area contributed by atoms with Crippen molar-refractivity contribution in [2.75, 3.05) is 5.32 Å². The second kappa shape index (κ2) is 11.3. The van der Waals surface area contributed by atoms with Crippen molar-refractivity contribution in [3.05, 3.63) is 63.7 Å². The van der Waals surface area contributed by atoms with Crippen LogP contribution >= 0.6 is 0 Å². The molecule has 0 saturated heterocycles. The van der Waals surface area contributed by atoms with Gasteiger partial charge >= 0.3 is 0 Å². The number of hydrogen-bond donors (Lipinski definition) is 2. The number of carbonyl (C=O) groups excluding carboxylic acids is 2. The summed E-state index contributed by atoms with van der Waals surface area (Å²) in [5.74, 6) is -1.12. The van der Waals surface area contributed by atoms with Crippen molar-refractivity contribution < 1.29 is 19.6 Å². The minimum atomic E-state index is -0.626. The third-order valence-electron chi connectivity index (χ3n) is 4.24. The zero-order chi connectivity index (χ0) is 21.9. The summed E-state index contributed by atoms with van der Waals surface area (Å²) >= 11 is 0. The Morgan fingerprint density at radius 1 is 1.13 bits per heavy atom. The topological polar surface area (TPSA) is 137 Å². The smallest absolute Gasteiger partial charge is 0.271 e. The largest absolute Gasteiger partial charge is 0.872 e. The van der Waals surface area contributed by atoms with Gasteiger partial charge in [0.25, 0.3) is 11.6 Å². The number of unbranched alkanes of at least 4 members (excludes halogenated alkanes) is 3. The normalized spacial score (nSPS) is 10.7. The van der Waals surface area contributed by atoms with Gasteiger partial charge in [0, 0.05) is 29.8 Å². The lowest BCUT2D eigenvalue weighted by Crippen LogP contribution is -2.18. The lowest BCUT2D eigenvalue weighted by Gasteiger charge is -2.09. The Hall–Kier alpha value is -3.75. The number of benzene rings is 2. The highest BCUT2D eigenvalue weighted by atomic mass is 16.6. The first-order valence-electron chi connectivity index (χ1n) is 9.59. The molecule has 2 N–H and O–H groups in total. The molecule has 0 spiro atoms. The summed E-state index contributed by atoms with van der Waals surface area (Å²) in [7, 11) is 0. The molecule has 158 valence electrons. The Kier molecular flexibility index (Phi) is 8.49. The minimum absolute atomic E-state index is 0.0198. The van der Waals surface area contributed by atoms with Gasteiger partial charge in [-0.3, -0.25) is 19.7 Å². The first-order chi connectivity index (χ1) is 14.4. The maximum Gasteiger partial charge on any atom is 0.271 e. The summed E-state index contributed by atoms with van der Waals surface area (Å²) in [4.78, 5) is 34.4. The lowest BCUT2D eigenvalue weighted by atomic mass is 10.1. The summed E-state index contributed by atoms with van der Waals surface area (Å²) in [5, 5.41) is 29.0. The molecule has 30 heavy (non-hydrogen) atoms. The molecule has 0 atom stereocenters. The van der Waals surface area contributed by atoms with E-state index in [2.05, 4.69) is 22.8 Å². The average molecular weight is 411 g/mol. The third kappa shape index (κ3) is 7.01. The molecule has 0 saturated carbocycles. The second-order valence-corrected chi connectivity index (χ2v) is 6.62. The number of hydrogen-bond acceptors (Lipinski definition) is 6. The molecular formula is C21H23N4O5-. The van der Waals surface area contributed by atoms with Gasteiger partial charge in [-0.2, -0.15) is 5.10 Å². The Bertz CT molecular complexity index is 943. The molecular weight excluding hydrogens is 388 g/mol. The number of hydrazone groups is 1. The number of anilines is 1. The van der Waals surface area contributed by atoms with E-state index in [1.54, 1.807) is 18.2 Å². The van der Waals surface area contributed by atoms with E-state index in [0.717, 1.165) is 50.1 Å². The molecule has 2 aromatic rings. The highest BCUT2D eigenvalue weighted by Crippen LogP contribution is 2.19. The van der Waals surface area contributed by atoms with Gasteiger partial charge < -0.3 is 10.4 Å². The van der Waals surface area contributed by atoms with Crippen LogP contribution < -0.4 is 15.8 Å². The standard InChI is InChI=1S/C21H24N4O5/c1-2-3-4-5-9-20(27)23-17-8-6-7-15(12-17)21(28)24-22-14-16-13-18(25(29)30)10-11-19(16)26/h6-8,10-14,26H,2-5,9H2,1H3,(H,23,27)(H,24,28)/p-1/b22-14-. The molecule has 2 aromatic carbocycles. The predicted molar refractivity (Wildman–Crippen MR) is 111 cm³/mol. The number of non-ortho nitro benzene ring substituents is 1. The fourth-order valence-electron chi connectivity index (χ4n) is 2.65. The molecule has 0 unspecified atom stereocenters. The zero-order valence-corrected chi connectivity index (χ0v) is 16.6. The van der Waals surface area contributed by atoms with Crippen molar-refractivity contribution in [3.63, 3.8) is 0 Å². The van der Waals surface area contributed by atoms with Crippen LogP contribution in [-0.4, -0.2) is 23.0 Å². The van der Waals surface area contributed by atoms with Gasteiger partial charge in [-0.05, 0) is 30.2 Å². The Morgan fingerprint density at radius 3 is 2.67 bits per heavy atom. The molecule has 0 aliphatic rings. The number of nitrogens with zero attached hydrogens (tertiary/aromatic N) is 2. The van der Waals surface area contributed by atoms with Gasteiger partial charge in [0.15, 0.2) is 0 Å². The van der Waals surface area contributed by atoms with E-state index in [4.69, 9.17) is 0 Å². The summed E-state index contributed by atoms with van der Waals surface area (Å²) in [6, 6.07) is 9.61. The Balaban J connectivity index is 1.95. The number of nitro groups is 1.